The molecule has 0 saturated carbocycles. The first kappa shape index (κ1) is 18.5. The third-order valence-corrected chi connectivity index (χ3v) is 4.09. The highest BCUT2D eigenvalue weighted by Gasteiger charge is 2.10. The van der Waals surface area contributed by atoms with Crippen molar-refractivity contribution in [2.24, 2.45) is 0 Å². The first-order chi connectivity index (χ1) is 13.0. The van der Waals surface area contributed by atoms with Gasteiger partial charge in [0.1, 0.15) is 11.3 Å². The van der Waals surface area contributed by atoms with E-state index in [-0.39, 0.29) is 11.8 Å². The second-order valence-corrected chi connectivity index (χ2v) is 5.93. The van der Waals surface area contributed by atoms with Crippen LogP contribution in [0.3, 0.4) is 0 Å². The summed E-state index contributed by atoms with van der Waals surface area (Å²) in [5.74, 6) is 1.16. The molecule has 140 valence electrons. The van der Waals surface area contributed by atoms with E-state index in [2.05, 4.69) is 38.4 Å². The Kier molecular flexibility index (Phi) is 5.46. The van der Waals surface area contributed by atoms with Crippen LogP contribution >= 0.6 is 12.8 Å². The van der Waals surface area contributed by atoms with Crippen molar-refractivity contribution in [3.63, 3.8) is 0 Å². The van der Waals surface area contributed by atoms with E-state index in [1.807, 2.05) is 0 Å². The third kappa shape index (κ3) is 4.29. The molecule has 2 heterocycles. The number of urea groups is 1. The number of aromatic hydroxyl groups is 1. The Morgan fingerprint density at radius 3 is 2.74 bits per heavy atom. The number of phenols is 1. The van der Waals surface area contributed by atoms with Crippen molar-refractivity contribution in [1.82, 2.24) is 19.3 Å². The second-order valence-electron chi connectivity index (χ2n) is 5.45. The van der Waals surface area contributed by atoms with Gasteiger partial charge in [-0.15, -0.1) is 0 Å². The highest BCUT2D eigenvalue weighted by molar-refractivity contribution is 7.78. The fraction of sp³-hybridized carbons (Fsp3) is 0.176. The van der Waals surface area contributed by atoms with Gasteiger partial charge >= 0.3 is 6.03 Å². The van der Waals surface area contributed by atoms with Crippen LogP contribution in [0.4, 0.5) is 22.1 Å². The molecule has 0 aliphatic heterocycles. The molecule has 0 aliphatic rings. The van der Waals surface area contributed by atoms with Crippen LogP contribution in [0.1, 0.15) is 6.92 Å². The molecule has 0 unspecified atom stereocenters. The van der Waals surface area contributed by atoms with Crippen LogP contribution in [0.5, 0.6) is 11.5 Å². The maximum Gasteiger partial charge on any atom is 0.332 e. The smallest absolute Gasteiger partial charge is 0.332 e. The van der Waals surface area contributed by atoms with E-state index in [1.54, 1.807) is 37.4 Å². The predicted molar refractivity (Wildman–Crippen MR) is 106 cm³/mol. The molecule has 27 heavy (non-hydrogen) atoms. The van der Waals surface area contributed by atoms with Crippen molar-refractivity contribution in [1.29, 1.82) is 0 Å². The summed E-state index contributed by atoms with van der Waals surface area (Å²) < 4.78 is 6.25. The molecule has 0 atom stereocenters. The molecule has 0 spiro atoms. The first-order valence-corrected chi connectivity index (χ1v) is 8.45. The van der Waals surface area contributed by atoms with E-state index in [0.717, 1.165) is 0 Å². The number of nitrogens with zero attached hydrogens (tertiary/aromatic N) is 4. The number of ether oxygens (including phenoxy) is 1. The lowest BCUT2D eigenvalue weighted by Crippen LogP contribution is -2.27. The minimum absolute atomic E-state index is 0.00612. The Hall–Kier alpha value is -3.27. The molecule has 0 saturated heterocycles. The minimum atomic E-state index is -0.386. The molecule has 9 nitrogen and oxygen atoms in total. The maximum absolute atomic E-state index is 11.9. The van der Waals surface area contributed by atoms with Crippen molar-refractivity contribution in [3.05, 3.63) is 36.5 Å². The number of hydrogen-bond acceptors (Lipinski definition) is 8. The number of rotatable bonds is 5. The second kappa shape index (κ2) is 7.96. The third-order valence-electron chi connectivity index (χ3n) is 3.63. The highest BCUT2D eigenvalue weighted by atomic mass is 32.1. The number of thiol groups is 1. The Morgan fingerprint density at radius 2 is 2.04 bits per heavy atom. The van der Waals surface area contributed by atoms with Crippen LogP contribution in [0.25, 0.3) is 11.2 Å². The van der Waals surface area contributed by atoms with Gasteiger partial charge in [-0.2, -0.15) is 0 Å². The van der Waals surface area contributed by atoms with E-state index in [0.29, 0.717) is 40.8 Å². The maximum atomic E-state index is 11.9. The minimum Gasteiger partial charge on any atom is -0.504 e. The molecular formula is C17H18N6O3S. The molecule has 2 amide bonds. The fourth-order valence-electron chi connectivity index (χ4n) is 2.26. The number of phenolic OH excluding ortho intramolecular Hbond substituents is 1. The van der Waals surface area contributed by atoms with E-state index in [9.17, 15) is 9.90 Å². The summed E-state index contributed by atoms with van der Waals surface area (Å²) in [6, 6.07) is 7.85. The molecule has 0 radical (unpaired) electrons. The molecule has 0 bridgehead atoms. The van der Waals surface area contributed by atoms with E-state index < -0.39 is 0 Å². The van der Waals surface area contributed by atoms with Crippen LogP contribution < -0.4 is 15.4 Å². The SMILES string of the molecule is CCN(S)C(=O)Nc1ccc2ncc(Nc3ccc(OC)c(O)c3)nc2n1. The Labute approximate surface area is 161 Å². The molecule has 1 aromatic carbocycles. The number of nitrogens with one attached hydrogen (secondary N) is 2. The zero-order chi connectivity index (χ0) is 19.4. The molecule has 3 N–H and O–H groups in total. The number of fused-ring (bicyclic) bond motifs is 1. The van der Waals surface area contributed by atoms with Crippen molar-refractivity contribution >= 4 is 47.3 Å². The summed E-state index contributed by atoms with van der Waals surface area (Å²) >= 11 is 4.05. The van der Waals surface area contributed by atoms with Crippen LogP contribution in [0.2, 0.25) is 0 Å². The van der Waals surface area contributed by atoms with E-state index in [1.165, 1.54) is 17.5 Å². The summed E-state index contributed by atoms with van der Waals surface area (Å²) in [6.45, 7) is 2.26. The van der Waals surface area contributed by atoms with Gasteiger partial charge in [0.2, 0.25) is 0 Å². The number of carbonyl (C=O) groups excluding carboxylic acids is 1. The lowest BCUT2D eigenvalue weighted by Gasteiger charge is -2.13. The van der Waals surface area contributed by atoms with Crippen molar-refractivity contribution in [2.45, 2.75) is 6.92 Å². The van der Waals surface area contributed by atoms with Crippen LogP contribution in [0.15, 0.2) is 36.5 Å². The number of anilines is 3. The fourth-order valence-corrected chi connectivity index (χ4v) is 2.31. The Morgan fingerprint density at radius 1 is 1.26 bits per heavy atom. The predicted octanol–water partition coefficient (Wildman–Crippen LogP) is 3.18. The number of pyridine rings is 1. The van der Waals surface area contributed by atoms with E-state index in [4.69, 9.17) is 4.74 Å². The van der Waals surface area contributed by atoms with Gasteiger partial charge in [-0.05, 0) is 31.2 Å². The summed E-state index contributed by atoms with van der Waals surface area (Å²) in [5, 5.41) is 15.5. The highest BCUT2D eigenvalue weighted by Crippen LogP contribution is 2.29. The number of hydrogen-bond donors (Lipinski definition) is 4. The number of carbonyl (C=O) groups is 1. The molecule has 3 rings (SSSR count). The van der Waals surface area contributed by atoms with Gasteiger partial charge in [-0.25, -0.2) is 19.7 Å². The van der Waals surface area contributed by atoms with Crippen molar-refractivity contribution < 1.29 is 14.6 Å². The van der Waals surface area contributed by atoms with Gasteiger partial charge in [0.25, 0.3) is 0 Å². The van der Waals surface area contributed by atoms with E-state index >= 15 is 0 Å². The monoisotopic (exact) mass is 386 g/mol. The quantitative estimate of drug-likeness (QED) is 0.498. The lowest BCUT2D eigenvalue weighted by molar-refractivity contribution is 0.240. The average Bonchev–Trinajstić information content (AvgIpc) is 2.67. The van der Waals surface area contributed by atoms with Gasteiger partial charge in [-0.1, -0.05) is 12.8 Å². The largest absolute Gasteiger partial charge is 0.504 e. The standard InChI is InChI=1S/C17H18N6O3S/c1-3-23(27)17(25)22-14-7-5-11-16(20-14)21-15(9-18-11)19-10-4-6-13(26-2)12(24)8-10/h4-9,24,27H,3H2,1-2H3,(H2,19,20,21,22,25). The van der Waals surface area contributed by atoms with Gasteiger partial charge < -0.3 is 15.2 Å². The van der Waals surface area contributed by atoms with Crippen LogP contribution in [0, 0.1) is 0 Å². The van der Waals surface area contributed by atoms with Gasteiger partial charge in [0.05, 0.1) is 13.3 Å². The normalized spacial score (nSPS) is 10.5. The van der Waals surface area contributed by atoms with Crippen LogP contribution in [-0.4, -0.2) is 44.0 Å². The first-order valence-electron chi connectivity index (χ1n) is 8.05. The molecular weight excluding hydrogens is 368 g/mol. The van der Waals surface area contributed by atoms with Crippen molar-refractivity contribution in [3.8, 4) is 11.5 Å². The molecule has 10 heteroatoms. The molecule has 0 aliphatic carbocycles. The molecule has 2 aromatic heterocycles. The number of aromatic nitrogens is 3. The summed E-state index contributed by atoms with van der Waals surface area (Å²) in [4.78, 5) is 24.9. The number of methoxy groups -OCH3 is 1. The Balaban J connectivity index is 1.83. The van der Waals surface area contributed by atoms with Gasteiger partial charge in [0.15, 0.2) is 23.0 Å². The topological polar surface area (TPSA) is 113 Å². The zero-order valence-electron chi connectivity index (χ0n) is 14.7. The molecule has 3 aromatic rings. The van der Waals surface area contributed by atoms with Crippen LogP contribution in [-0.2, 0) is 0 Å². The number of amides is 2. The van der Waals surface area contributed by atoms with Gasteiger partial charge in [-0.3, -0.25) is 9.62 Å². The summed E-state index contributed by atoms with van der Waals surface area (Å²) in [5.41, 5.74) is 1.55. The van der Waals surface area contributed by atoms with Gasteiger partial charge in [0, 0.05) is 18.3 Å². The Bertz CT molecular complexity index is 984. The summed E-state index contributed by atoms with van der Waals surface area (Å²) in [6.07, 6.45) is 1.55. The van der Waals surface area contributed by atoms with Crippen molar-refractivity contribution in [2.75, 3.05) is 24.3 Å². The summed E-state index contributed by atoms with van der Waals surface area (Å²) in [7, 11) is 1.48. The zero-order valence-corrected chi connectivity index (χ0v) is 15.6. The average molecular weight is 386 g/mol. The lowest BCUT2D eigenvalue weighted by atomic mass is 10.3. The number of benzene rings is 1. The molecule has 0 fully saturated rings.